The van der Waals surface area contributed by atoms with Gasteiger partial charge in [-0.3, -0.25) is 10.1 Å². The Balaban J connectivity index is 1.99. The lowest BCUT2D eigenvalue weighted by Crippen LogP contribution is -2.27. The Morgan fingerprint density at radius 1 is 1.11 bits per heavy atom. The number of amides is 1. The lowest BCUT2D eigenvalue weighted by molar-refractivity contribution is -0.0885. The zero-order valence-corrected chi connectivity index (χ0v) is 15.6. The number of rotatable bonds is 4. The normalized spacial score (nSPS) is 12.2. The summed E-state index contributed by atoms with van der Waals surface area (Å²) in [6, 6.07) is 6.75. The third-order valence-corrected chi connectivity index (χ3v) is 3.93. The maximum Gasteiger partial charge on any atom is 0.457 e. The minimum atomic E-state index is -4.93. The van der Waals surface area contributed by atoms with Gasteiger partial charge in [0, 0.05) is 16.8 Å². The minimum Gasteiger partial charge on any atom is -0.444 e. The van der Waals surface area contributed by atoms with Crippen LogP contribution >= 0.6 is 11.3 Å². The second kappa shape index (κ2) is 7.91. The third-order valence-electron chi connectivity index (χ3n) is 2.97. The maximum absolute atomic E-state index is 12.4. The number of anilines is 1. The monoisotopic (exact) mass is 398 g/mol. The van der Waals surface area contributed by atoms with Gasteiger partial charge < -0.3 is 4.74 Å². The number of hydrogen-bond acceptors (Lipinski definition) is 5. The summed E-state index contributed by atoms with van der Waals surface area (Å²) in [7, 11) is 0. The number of alkyl halides is 3. The van der Waals surface area contributed by atoms with Gasteiger partial charge in [0.15, 0.2) is 5.01 Å². The van der Waals surface area contributed by atoms with E-state index >= 15 is 0 Å². The summed E-state index contributed by atoms with van der Waals surface area (Å²) in [6.07, 6.45) is -1.08. The highest BCUT2D eigenvalue weighted by molar-refractivity contribution is 7.14. The zero-order chi connectivity index (χ0) is 20.2. The molecule has 0 atom stereocenters. The van der Waals surface area contributed by atoms with Crippen LogP contribution in [0.25, 0.3) is 12.2 Å². The molecule has 1 aromatic carbocycles. The molecule has 0 aliphatic carbocycles. The van der Waals surface area contributed by atoms with Crippen molar-refractivity contribution < 1.29 is 27.5 Å². The SMILES string of the molecule is CC(C)(C)OC(=O)Nc1ccc(/C=C/c2cnc(C(=O)C(F)(F)F)s2)cc1. The second-order valence-corrected chi connectivity index (χ2v) is 7.54. The molecule has 0 unspecified atom stereocenters. The molecule has 0 bridgehead atoms. The van der Waals surface area contributed by atoms with Gasteiger partial charge in [-0.1, -0.05) is 18.2 Å². The van der Waals surface area contributed by atoms with Crippen molar-refractivity contribution in [3.63, 3.8) is 0 Å². The van der Waals surface area contributed by atoms with Crippen molar-refractivity contribution in [1.82, 2.24) is 4.98 Å². The Morgan fingerprint density at radius 2 is 1.74 bits per heavy atom. The molecule has 2 rings (SSSR count). The summed E-state index contributed by atoms with van der Waals surface area (Å²) in [4.78, 5) is 26.7. The number of nitrogens with zero attached hydrogens (tertiary/aromatic N) is 1. The molecule has 0 spiro atoms. The van der Waals surface area contributed by atoms with Crippen molar-refractivity contribution >= 4 is 41.1 Å². The van der Waals surface area contributed by atoms with Crippen molar-refractivity contribution in [2.45, 2.75) is 32.5 Å². The molecule has 1 aromatic heterocycles. The summed E-state index contributed by atoms with van der Waals surface area (Å²) in [6.45, 7) is 5.27. The van der Waals surface area contributed by atoms with E-state index in [0.717, 1.165) is 5.56 Å². The van der Waals surface area contributed by atoms with Gasteiger partial charge in [-0.15, -0.1) is 11.3 Å². The molecule has 0 radical (unpaired) electrons. The lowest BCUT2D eigenvalue weighted by atomic mass is 10.2. The number of aromatic nitrogens is 1. The van der Waals surface area contributed by atoms with Crippen molar-refractivity contribution in [3.05, 3.63) is 45.9 Å². The third kappa shape index (κ3) is 6.52. The molecule has 1 N–H and O–H groups in total. The molecule has 0 aliphatic rings. The van der Waals surface area contributed by atoms with Crippen LogP contribution in [0.15, 0.2) is 30.5 Å². The molecule has 5 nitrogen and oxygen atoms in total. The first-order valence-electron chi connectivity index (χ1n) is 7.79. The Hall–Kier alpha value is -2.68. The summed E-state index contributed by atoms with van der Waals surface area (Å²) in [5, 5.41) is 1.99. The van der Waals surface area contributed by atoms with Crippen molar-refractivity contribution in [3.8, 4) is 0 Å². The standard InChI is InChI=1S/C18H17F3N2O3S/c1-17(2,3)26-16(25)23-12-7-4-11(5-8-12)6-9-13-10-22-15(27-13)14(24)18(19,20)21/h4-10H,1-3H3,(H,23,25)/b9-6+. The number of Topliss-reactive ketones (excluding diaryl/α,β-unsaturated/α-hetero) is 1. The van der Waals surface area contributed by atoms with Crippen LogP contribution in [0.3, 0.4) is 0 Å². The van der Waals surface area contributed by atoms with E-state index in [2.05, 4.69) is 10.3 Å². The van der Waals surface area contributed by atoms with Gasteiger partial charge in [-0.25, -0.2) is 9.78 Å². The molecular weight excluding hydrogens is 381 g/mol. The fourth-order valence-corrected chi connectivity index (χ4v) is 2.65. The Bertz CT molecular complexity index is 850. The number of ketones is 1. The minimum absolute atomic E-state index is 0.415. The van der Waals surface area contributed by atoms with Gasteiger partial charge in [0.2, 0.25) is 0 Å². The highest BCUT2D eigenvalue weighted by Crippen LogP contribution is 2.25. The average molecular weight is 398 g/mol. The molecule has 27 heavy (non-hydrogen) atoms. The highest BCUT2D eigenvalue weighted by Gasteiger charge is 2.41. The Kier molecular flexibility index (Phi) is 6.04. The molecular formula is C18H17F3N2O3S. The van der Waals surface area contributed by atoms with E-state index in [9.17, 15) is 22.8 Å². The number of hydrogen-bond donors (Lipinski definition) is 1. The fourth-order valence-electron chi connectivity index (χ4n) is 1.87. The van der Waals surface area contributed by atoms with Crippen LogP contribution in [0.1, 0.15) is 41.0 Å². The van der Waals surface area contributed by atoms with Crippen LogP contribution in [-0.4, -0.2) is 28.6 Å². The number of benzene rings is 1. The van der Waals surface area contributed by atoms with Crippen LogP contribution in [0.2, 0.25) is 0 Å². The number of halogens is 3. The van der Waals surface area contributed by atoms with Crippen molar-refractivity contribution in [2.75, 3.05) is 5.32 Å². The predicted molar refractivity (Wildman–Crippen MR) is 97.7 cm³/mol. The summed E-state index contributed by atoms with van der Waals surface area (Å²) in [5.74, 6) is -1.95. The maximum atomic E-state index is 12.4. The molecule has 1 amide bonds. The van der Waals surface area contributed by atoms with E-state index < -0.39 is 28.7 Å². The van der Waals surface area contributed by atoms with E-state index in [1.165, 1.54) is 6.20 Å². The second-order valence-electron chi connectivity index (χ2n) is 6.48. The Labute approximate surface area is 157 Å². The Morgan fingerprint density at radius 3 is 2.30 bits per heavy atom. The largest absolute Gasteiger partial charge is 0.457 e. The lowest BCUT2D eigenvalue weighted by Gasteiger charge is -2.19. The van der Waals surface area contributed by atoms with Crippen LogP contribution in [0.4, 0.5) is 23.7 Å². The van der Waals surface area contributed by atoms with Gasteiger partial charge in [-0.05, 0) is 44.5 Å². The molecule has 0 saturated heterocycles. The summed E-state index contributed by atoms with van der Waals surface area (Å²) < 4.78 is 42.3. The summed E-state index contributed by atoms with van der Waals surface area (Å²) >= 11 is 0.663. The molecule has 0 saturated carbocycles. The van der Waals surface area contributed by atoms with Gasteiger partial charge in [0.25, 0.3) is 5.78 Å². The molecule has 2 aromatic rings. The van der Waals surface area contributed by atoms with Crippen LogP contribution in [-0.2, 0) is 4.74 Å². The van der Waals surface area contributed by atoms with Crippen LogP contribution in [0.5, 0.6) is 0 Å². The van der Waals surface area contributed by atoms with Crippen LogP contribution < -0.4 is 5.32 Å². The predicted octanol–water partition coefficient (Wildman–Crippen LogP) is 5.41. The molecule has 144 valence electrons. The molecule has 0 fully saturated rings. The van der Waals surface area contributed by atoms with E-state index in [0.29, 0.717) is 21.9 Å². The van der Waals surface area contributed by atoms with E-state index in [-0.39, 0.29) is 0 Å². The van der Waals surface area contributed by atoms with Gasteiger partial charge in [-0.2, -0.15) is 13.2 Å². The van der Waals surface area contributed by atoms with Crippen molar-refractivity contribution in [1.29, 1.82) is 0 Å². The van der Waals surface area contributed by atoms with Crippen molar-refractivity contribution in [2.24, 2.45) is 0 Å². The first-order chi connectivity index (χ1) is 12.4. The number of nitrogens with one attached hydrogen (secondary N) is 1. The fraction of sp³-hybridized carbons (Fsp3) is 0.278. The van der Waals surface area contributed by atoms with E-state index in [1.54, 1.807) is 57.2 Å². The smallest absolute Gasteiger partial charge is 0.444 e. The number of ether oxygens (including phenoxy) is 1. The molecule has 0 aliphatic heterocycles. The van der Waals surface area contributed by atoms with E-state index in [1.807, 2.05) is 0 Å². The van der Waals surface area contributed by atoms with Gasteiger partial charge >= 0.3 is 12.3 Å². The van der Waals surface area contributed by atoms with Gasteiger partial charge in [0.1, 0.15) is 5.60 Å². The zero-order valence-electron chi connectivity index (χ0n) is 14.8. The van der Waals surface area contributed by atoms with Gasteiger partial charge in [0.05, 0.1) is 0 Å². The number of carbonyl (C=O) groups is 2. The molecule has 9 heteroatoms. The summed E-state index contributed by atoms with van der Waals surface area (Å²) in [5.41, 5.74) is 0.688. The average Bonchev–Trinajstić information content (AvgIpc) is 2.99. The first kappa shape index (κ1) is 20.6. The van der Waals surface area contributed by atoms with E-state index in [4.69, 9.17) is 4.74 Å². The highest BCUT2D eigenvalue weighted by atomic mass is 32.1. The molecule has 1 heterocycles. The number of thiazole rings is 1. The first-order valence-corrected chi connectivity index (χ1v) is 8.61. The topological polar surface area (TPSA) is 68.3 Å². The quantitative estimate of drug-likeness (QED) is 0.700. The number of carbonyl (C=O) groups excluding carboxylic acids is 2. The van der Waals surface area contributed by atoms with Crippen LogP contribution in [0, 0.1) is 0 Å².